The quantitative estimate of drug-likeness (QED) is 0.846. The predicted octanol–water partition coefficient (Wildman–Crippen LogP) is 2.81. The third-order valence-corrected chi connectivity index (χ3v) is 5.12. The minimum Gasteiger partial charge on any atom is -0.374 e. The molecule has 2 rings (SSSR count). The van der Waals surface area contributed by atoms with E-state index in [0.717, 1.165) is 25.7 Å². The lowest BCUT2D eigenvalue weighted by molar-refractivity contribution is 0.0149. The summed E-state index contributed by atoms with van der Waals surface area (Å²) >= 11 is 0. The summed E-state index contributed by atoms with van der Waals surface area (Å²) in [5.41, 5.74) is 0. The summed E-state index contributed by atoms with van der Waals surface area (Å²) in [6.07, 6.45) is 4.07. The van der Waals surface area contributed by atoms with Crippen molar-refractivity contribution < 1.29 is 13.2 Å². The highest BCUT2D eigenvalue weighted by Gasteiger charge is 2.24. The molecule has 1 saturated heterocycles. The normalized spacial score (nSPS) is 25.6. The number of rotatable bonds is 3. The Morgan fingerprint density at radius 2 is 1.83 bits per heavy atom. The van der Waals surface area contributed by atoms with E-state index in [9.17, 15) is 8.42 Å². The lowest BCUT2D eigenvalue weighted by Gasteiger charge is -2.18. The third-order valence-electron chi connectivity index (χ3n) is 3.32. The Hall–Kier alpha value is -0.870. The number of sulfone groups is 1. The maximum absolute atomic E-state index is 12.2. The van der Waals surface area contributed by atoms with Gasteiger partial charge in [0.25, 0.3) is 0 Å². The van der Waals surface area contributed by atoms with Crippen molar-refractivity contribution in [3.05, 3.63) is 30.3 Å². The fourth-order valence-corrected chi connectivity index (χ4v) is 3.86. The second-order valence-electron chi connectivity index (χ2n) is 4.95. The lowest BCUT2D eigenvalue weighted by Crippen LogP contribution is -2.26. The summed E-state index contributed by atoms with van der Waals surface area (Å²) in [5, 5.41) is 0. The first kappa shape index (κ1) is 13.6. The molecule has 0 N–H and O–H groups in total. The fourth-order valence-electron chi connectivity index (χ4n) is 2.36. The van der Waals surface area contributed by atoms with E-state index >= 15 is 0 Å². The zero-order valence-electron chi connectivity index (χ0n) is 10.7. The molecule has 0 saturated carbocycles. The van der Waals surface area contributed by atoms with Crippen molar-refractivity contribution in [1.29, 1.82) is 0 Å². The van der Waals surface area contributed by atoms with Gasteiger partial charge >= 0.3 is 0 Å². The molecule has 2 atom stereocenters. The van der Waals surface area contributed by atoms with Crippen molar-refractivity contribution in [2.45, 2.75) is 49.7 Å². The molecule has 1 fully saturated rings. The molecule has 0 bridgehead atoms. The maximum Gasteiger partial charge on any atom is 0.180 e. The minimum absolute atomic E-state index is 0.0986. The van der Waals surface area contributed by atoms with Gasteiger partial charge < -0.3 is 4.74 Å². The van der Waals surface area contributed by atoms with Crippen LogP contribution in [0.15, 0.2) is 35.2 Å². The van der Waals surface area contributed by atoms with E-state index in [-0.39, 0.29) is 18.0 Å². The molecule has 3 nitrogen and oxygen atoms in total. The Labute approximate surface area is 109 Å². The molecule has 1 heterocycles. The zero-order valence-corrected chi connectivity index (χ0v) is 11.5. The van der Waals surface area contributed by atoms with Gasteiger partial charge in [-0.2, -0.15) is 0 Å². The van der Waals surface area contributed by atoms with Crippen molar-refractivity contribution in [3.63, 3.8) is 0 Å². The molecule has 0 aliphatic carbocycles. The molecule has 100 valence electrons. The SMILES string of the molecule is C[C@@H]1CCCC[C@@H](CS(=O)(=O)c2ccccc2)O1. The van der Waals surface area contributed by atoms with Crippen LogP contribution in [-0.4, -0.2) is 26.4 Å². The van der Waals surface area contributed by atoms with E-state index in [0.29, 0.717) is 4.90 Å². The van der Waals surface area contributed by atoms with Crippen molar-refractivity contribution in [2.75, 3.05) is 5.75 Å². The summed E-state index contributed by atoms with van der Waals surface area (Å²) in [6, 6.07) is 8.63. The summed E-state index contributed by atoms with van der Waals surface area (Å²) in [7, 11) is -3.22. The van der Waals surface area contributed by atoms with E-state index in [1.165, 1.54) is 0 Å². The predicted molar refractivity (Wildman–Crippen MR) is 71.3 cm³/mol. The number of hydrogen-bond donors (Lipinski definition) is 0. The molecular formula is C14H20O3S. The number of benzene rings is 1. The highest BCUT2D eigenvalue weighted by molar-refractivity contribution is 7.91. The molecule has 0 amide bonds. The molecule has 1 aliphatic heterocycles. The standard InChI is InChI=1S/C14H20O3S/c1-12-7-5-6-8-13(17-12)11-18(15,16)14-9-3-2-4-10-14/h2-4,9-10,12-13H,5-8,11H2,1H3/t12-,13+/m1/s1. The largest absolute Gasteiger partial charge is 0.374 e. The Bertz CT molecular complexity index is 467. The zero-order chi connectivity index (χ0) is 13.0. The van der Waals surface area contributed by atoms with Gasteiger partial charge in [-0.25, -0.2) is 8.42 Å². The van der Waals surface area contributed by atoms with E-state index in [1.54, 1.807) is 24.3 Å². The smallest absolute Gasteiger partial charge is 0.180 e. The van der Waals surface area contributed by atoms with E-state index in [1.807, 2.05) is 13.0 Å². The Morgan fingerprint density at radius 3 is 2.56 bits per heavy atom. The highest BCUT2D eigenvalue weighted by Crippen LogP contribution is 2.21. The molecule has 1 aromatic carbocycles. The lowest BCUT2D eigenvalue weighted by atomic mass is 10.1. The molecule has 0 spiro atoms. The van der Waals surface area contributed by atoms with Gasteiger partial charge in [0.2, 0.25) is 0 Å². The van der Waals surface area contributed by atoms with E-state index in [2.05, 4.69) is 0 Å². The van der Waals surface area contributed by atoms with Gasteiger partial charge in [0.05, 0.1) is 22.9 Å². The second kappa shape index (κ2) is 5.85. The summed E-state index contributed by atoms with van der Waals surface area (Å²) in [4.78, 5) is 0.394. The minimum atomic E-state index is -3.22. The monoisotopic (exact) mass is 268 g/mol. The van der Waals surface area contributed by atoms with Crippen LogP contribution in [0.2, 0.25) is 0 Å². The molecule has 1 aliphatic rings. The average Bonchev–Trinajstić information content (AvgIpc) is 2.54. The first-order valence-corrected chi connectivity index (χ1v) is 8.16. The summed E-state index contributed by atoms with van der Waals surface area (Å²) in [6.45, 7) is 2.02. The van der Waals surface area contributed by atoms with Crippen LogP contribution in [-0.2, 0) is 14.6 Å². The van der Waals surface area contributed by atoms with Crippen LogP contribution >= 0.6 is 0 Å². The van der Waals surface area contributed by atoms with Crippen LogP contribution in [0.25, 0.3) is 0 Å². The van der Waals surface area contributed by atoms with Gasteiger partial charge in [-0.1, -0.05) is 31.0 Å². The van der Waals surface area contributed by atoms with Gasteiger partial charge in [-0.05, 0) is 31.9 Å². The van der Waals surface area contributed by atoms with E-state index < -0.39 is 9.84 Å². The van der Waals surface area contributed by atoms with Gasteiger partial charge in [0, 0.05) is 0 Å². The Kier molecular flexibility index (Phi) is 4.40. The molecule has 4 heteroatoms. The first-order valence-electron chi connectivity index (χ1n) is 6.51. The first-order chi connectivity index (χ1) is 8.58. The van der Waals surface area contributed by atoms with Crippen LogP contribution in [0.4, 0.5) is 0 Å². The van der Waals surface area contributed by atoms with Gasteiger partial charge in [-0.15, -0.1) is 0 Å². The van der Waals surface area contributed by atoms with Crippen molar-refractivity contribution >= 4 is 9.84 Å². The molecule has 0 radical (unpaired) electrons. The maximum atomic E-state index is 12.2. The van der Waals surface area contributed by atoms with Gasteiger partial charge in [0.15, 0.2) is 9.84 Å². The molecule has 0 aromatic heterocycles. The van der Waals surface area contributed by atoms with Crippen LogP contribution in [0.3, 0.4) is 0 Å². The number of hydrogen-bond acceptors (Lipinski definition) is 3. The molecule has 0 unspecified atom stereocenters. The van der Waals surface area contributed by atoms with Crippen LogP contribution in [0.5, 0.6) is 0 Å². The van der Waals surface area contributed by atoms with Crippen molar-refractivity contribution in [2.24, 2.45) is 0 Å². The topological polar surface area (TPSA) is 43.4 Å². The summed E-state index contributed by atoms with van der Waals surface area (Å²) in [5.74, 6) is 0.0986. The number of ether oxygens (including phenoxy) is 1. The second-order valence-corrected chi connectivity index (χ2v) is 6.98. The van der Waals surface area contributed by atoms with Crippen LogP contribution < -0.4 is 0 Å². The average molecular weight is 268 g/mol. The third kappa shape index (κ3) is 3.56. The van der Waals surface area contributed by atoms with Crippen LogP contribution in [0.1, 0.15) is 32.6 Å². The van der Waals surface area contributed by atoms with Crippen molar-refractivity contribution in [3.8, 4) is 0 Å². The molecule has 18 heavy (non-hydrogen) atoms. The molecular weight excluding hydrogens is 248 g/mol. The van der Waals surface area contributed by atoms with Crippen molar-refractivity contribution in [1.82, 2.24) is 0 Å². The fraction of sp³-hybridized carbons (Fsp3) is 0.571. The van der Waals surface area contributed by atoms with E-state index in [4.69, 9.17) is 4.74 Å². The van der Waals surface area contributed by atoms with Crippen LogP contribution in [0, 0.1) is 0 Å². The summed E-state index contributed by atoms with van der Waals surface area (Å²) < 4.78 is 30.3. The Balaban J connectivity index is 2.08. The Morgan fingerprint density at radius 1 is 1.17 bits per heavy atom. The van der Waals surface area contributed by atoms with Gasteiger partial charge in [0.1, 0.15) is 0 Å². The van der Waals surface area contributed by atoms with Gasteiger partial charge in [-0.3, -0.25) is 0 Å². The molecule has 1 aromatic rings. The highest BCUT2D eigenvalue weighted by atomic mass is 32.2.